The molecule has 1 aliphatic rings. The Bertz CT molecular complexity index is 1350. The van der Waals surface area contributed by atoms with Gasteiger partial charge in [0.2, 0.25) is 0 Å². The Balaban J connectivity index is 1.60. The number of hydrogen-bond donors (Lipinski definition) is 1. The van der Waals surface area contributed by atoms with Gasteiger partial charge in [0.25, 0.3) is 15.9 Å². The molecule has 10 heteroatoms. The van der Waals surface area contributed by atoms with E-state index in [-0.39, 0.29) is 35.4 Å². The summed E-state index contributed by atoms with van der Waals surface area (Å²) < 4.78 is 65.9. The molecule has 182 valence electrons. The number of amides is 1. The molecule has 0 bridgehead atoms. The van der Waals surface area contributed by atoms with Crippen LogP contribution in [0.2, 0.25) is 0 Å². The topological polar surface area (TPSA) is 88.8 Å². The Hall–Kier alpha value is -3.14. The molecule has 0 spiro atoms. The first-order chi connectivity index (χ1) is 15.9. The third-order valence-corrected chi connectivity index (χ3v) is 7.14. The van der Waals surface area contributed by atoms with Crippen LogP contribution >= 0.6 is 0 Å². The molecule has 1 unspecified atom stereocenters. The fourth-order valence-corrected chi connectivity index (χ4v) is 4.63. The van der Waals surface area contributed by atoms with E-state index in [0.717, 1.165) is 5.69 Å². The van der Waals surface area contributed by atoms with Gasteiger partial charge in [0.05, 0.1) is 12.5 Å². The van der Waals surface area contributed by atoms with E-state index in [1.54, 1.807) is 18.2 Å². The number of nitrogens with one attached hydrogen (secondary N) is 1. The number of carbonyl (C=O) groups excluding carboxylic acids is 1. The van der Waals surface area contributed by atoms with Gasteiger partial charge in [-0.3, -0.25) is 4.79 Å². The minimum absolute atomic E-state index is 0.00673. The second-order valence-electron chi connectivity index (χ2n) is 9.00. The summed E-state index contributed by atoms with van der Waals surface area (Å²) >= 11 is 0. The second kappa shape index (κ2) is 8.57. The predicted octanol–water partition coefficient (Wildman–Crippen LogP) is 4.77. The van der Waals surface area contributed by atoms with Crippen molar-refractivity contribution in [2.75, 3.05) is 25.6 Å². The van der Waals surface area contributed by atoms with E-state index in [1.807, 2.05) is 43.6 Å². The van der Waals surface area contributed by atoms with Gasteiger partial charge in [-0.15, -0.1) is 0 Å². The lowest BCUT2D eigenvalue weighted by Crippen LogP contribution is -2.30. The van der Waals surface area contributed by atoms with Crippen LogP contribution in [0.4, 0.5) is 14.5 Å². The molecule has 0 aliphatic heterocycles. The fourth-order valence-electron chi connectivity index (χ4n) is 3.49. The number of furan rings is 1. The maximum atomic E-state index is 13.3. The Morgan fingerprint density at radius 2 is 1.91 bits per heavy atom. The zero-order valence-electron chi connectivity index (χ0n) is 19.3. The lowest BCUT2D eigenvalue weighted by Gasteiger charge is -2.15. The summed E-state index contributed by atoms with van der Waals surface area (Å²) in [5.41, 5.74) is 1.98. The summed E-state index contributed by atoms with van der Waals surface area (Å²) in [7, 11) is -0.668. The highest BCUT2D eigenvalue weighted by Gasteiger charge is 2.57. The molecule has 0 saturated heterocycles. The molecule has 7 nitrogen and oxygen atoms in total. The molecule has 1 heterocycles. The van der Waals surface area contributed by atoms with E-state index in [1.165, 1.54) is 18.2 Å². The van der Waals surface area contributed by atoms with Crippen molar-refractivity contribution >= 4 is 32.6 Å². The van der Waals surface area contributed by atoms with Crippen molar-refractivity contribution < 1.29 is 31.1 Å². The number of sulfonamides is 1. The SMILES string of the molecule is CC(C)c1ccc(OCC2CC2(F)F)c(S(=O)(=O)NC(=O)c2cc3ccc(N(C)C)cc3o2)c1. The van der Waals surface area contributed by atoms with Gasteiger partial charge in [-0.25, -0.2) is 21.9 Å². The molecular weight excluding hydrogens is 466 g/mol. The zero-order chi connectivity index (χ0) is 24.8. The molecule has 4 rings (SSSR count). The Kier molecular flexibility index (Phi) is 6.05. The van der Waals surface area contributed by atoms with Crippen LogP contribution in [0.1, 0.15) is 42.3 Å². The number of hydrogen-bond acceptors (Lipinski definition) is 6. The van der Waals surface area contributed by atoms with E-state index in [0.29, 0.717) is 16.5 Å². The molecule has 1 N–H and O–H groups in total. The molecule has 2 aromatic carbocycles. The third-order valence-electron chi connectivity index (χ3n) is 5.79. The van der Waals surface area contributed by atoms with E-state index < -0.39 is 27.8 Å². The molecule has 1 amide bonds. The minimum atomic E-state index is -4.39. The van der Waals surface area contributed by atoms with Crippen molar-refractivity contribution in [3.8, 4) is 5.75 Å². The number of anilines is 1. The van der Waals surface area contributed by atoms with Crippen molar-refractivity contribution in [2.45, 2.75) is 37.0 Å². The van der Waals surface area contributed by atoms with Crippen LogP contribution in [-0.2, 0) is 10.0 Å². The number of halogens is 2. The molecule has 1 atom stereocenters. The Morgan fingerprint density at radius 1 is 1.21 bits per heavy atom. The Morgan fingerprint density at radius 3 is 2.53 bits per heavy atom. The summed E-state index contributed by atoms with van der Waals surface area (Å²) in [5.74, 6) is -4.96. The lowest BCUT2D eigenvalue weighted by atomic mass is 10.0. The average Bonchev–Trinajstić information content (AvgIpc) is 3.17. The van der Waals surface area contributed by atoms with Crippen molar-refractivity contribution in [2.24, 2.45) is 5.92 Å². The maximum Gasteiger partial charge on any atom is 0.300 e. The van der Waals surface area contributed by atoms with Gasteiger partial charge >= 0.3 is 5.91 Å². The largest absolute Gasteiger partial charge is 0.492 e. The number of carbonyl (C=O) groups is 1. The zero-order valence-corrected chi connectivity index (χ0v) is 20.1. The van der Waals surface area contributed by atoms with Crippen LogP contribution < -0.4 is 14.4 Å². The van der Waals surface area contributed by atoms with Crippen molar-refractivity contribution in [1.29, 1.82) is 0 Å². The summed E-state index contributed by atoms with van der Waals surface area (Å²) in [5, 5.41) is 0.643. The highest BCUT2D eigenvalue weighted by molar-refractivity contribution is 7.90. The first-order valence-electron chi connectivity index (χ1n) is 10.8. The van der Waals surface area contributed by atoms with Gasteiger partial charge in [-0.2, -0.15) is 0 Å². The smallest absolute Gasteiger partial charge is 0.300 e. The molecule has 1 fully saturated rings. The van der Waals surface area contributed by atoms with E-state index >= 15 is 0 Å². The van der Waals surface area contributed by atoms with Crippen LogP contribution in [0.3, 0.4) is 0 Å². The van der Waals surface area contributed by atoms with Crippen LogP contribution in [0.15, 0.2) is 51.8 Å². The summed E-state index contributed by atoms with van der Waals surface area (Å²) in [6, 6.07) is 11.3. The van der Waals surface area contributed by atoms with Gasteiger partial charge in [-0.1, -0.05) is 19.9 Å². The standard InChI is InChI=1S/C24H26F2N2O5S/c1-14(2)15-6-8-19(32-13-17-12-24(17,25)26)22(10-15)34(30,31)27-23(29)21-9-16-5-7-18(28(3)4)11-20(16)33-21/h5-11,14,17H,12-13H2,1-4H3,(H,27,29). The summed E-state index contributed by atoms with van der Waals surface area (Å²) in [4.78, 5) is 14.4. The van der Waals surface area contributed by atoms with Gasteiger partial charge in [0, 0.05) is 37.7 Å². The molecule has 3 aromatic rings. The second-order valence-corrected chi connectivity index (χ2v) is 10.6. The number of ether oxygens (including phenoxy) is 1. The van der Waals surface area contributed by atoms with Gasteiger partial charge in [0.15, 0.2) is 5.76 Å². The molecule has 1 saturated carbocycles. The van der Waals surface area contributed by atoms with Gasteiger partial charge < -0.3 is 14.1 Å². The molecule has 1 aromatic heterocycles. The van der Waals surface area contributed by atoms with Crippen LogP contribution in [-0.4, -0.2) is 40.9 Å². The number of fused-ring (bicyclic) bond motifs is 1. The van der Waals surface area contributed by atoms with E-state index in [9.17, 15) is 22.0 Å². The Labute approximate surface area is 196 Å². The van der Waals surface area contributed by atoms with Crippen molar-refractivity contribution in [1.82, 2.24) is 4.72 Å². The van der Waals surface area contributed by atoms with Crippen LogP contribution in [0.25, 0.3) is 11.0 Å². The minimum Gasteiger partial charge on any atom is -0.492 e. The fraction of sp³-hybridized carbons (Fsp3) is 0.375. The summed E-state index contributed by atoms with van der Waals surface area (Å²) in [6.45, 7) is 3.44. The molecule has 1 aliphatic carbocycles. The molecule has 0 radical (unpaired) electrons. The number of nitrogens with zero attached hydrogens (tertiary/aromatic N) is 1. The third kappa shape index (κ3) is 4.86. The van der Waals surface area contributed by atoms with E-state index in [2.05, 4.69) is 0 Å². The summed E-state index contributed by atoms with van der Waals surface area (Å²) in [6.07, 6.45) is -0.294. The average molecular weight is 493 g/mol. The first kappa shape index (κ1) is 24.0. The highest BCUT2D eigenvalue weighted by atomic mass is 32.2. The monoisotopic (exact) mass is 492 g/mol. The molecule has 34 heavy (non-hydrogen) atoms. The van der Waals surface area contributed by atoms with Crippen LogP contribution in [0, 0.1) is 5.92 Å². The number of rotatable bonds is 8. The van der Waals surface area contributed by atoms with Crippen molar-refractivity contribution in [3.05, 3.63) is 53.8 Å². The van der Waals surface area contributed by atoms with E-state index in [4.69, 9.17) is 9.15 Å². The van der Waals surface area contributed by atoms with Gasteiger partial charge in [0.1, 0.15) is 16.2 Å². The first-order valence-corrected chi connectivity index (χ1v) is 12.3. The highest BCUT2D eigenvalue weighted by Crippen LogP contribution is 2.48. The number of benzene rings is 2. The quantitative estimate of drug-likeness (QED) is 0.487. The number of alkyl halides is 2. The predicted molar refractivity (Wildman–Crippen MR) is 124 cm³/mol. The van der Waals surface area contributed by atoms with Crippen molar-refractivity contribution in [3.63, 3.8) is 0 Å². The van der Waals surface area contributed by atoms with Gasteiger partial charge in [-0.05, 0) is 41.8 Å². The lowest BCUT2D eigenvalue weighted by molar-refractivity contribution is 0.0852. The maximum absolute atomic E-state index is 13.3. The van der Waals surface area contributed by atoms with Crippen LogP contribution in [0.5, 0.6) is 5.75 Å². The normalized spacial score (nSPS) is 17.1. The molecular formula is C24H26F2N2O5S.